The fraction of sp³-hybridized carbons (Fsp3) is 0.125. The monoisotopic (exact) mass is 626 g/mol. The standard InChI is InChI=1S/C32H24F2N6O2S2/c33-21-5-1-3-19(15-21)29-36-25-17-23(7-9-27(25)43-29)40(32(42)39-13-11-38(12-14-39)31(35)41)24-8-10-28-26(18-24)37-30(44-28)20-4-2-6-22(34)16-20/h1-10,15-18H,11-14H2,(H2,35,41). The Morgan fingerprint density at radius 2 is 1.16 bits per heavy atom. The molecule has 3 heterocycles. The quantitative estimate of drug-likeness (QED) is 0.220. The second-order valence-corrected chi connectivity index (χ2v) is 12.4. The highest BCUT2D eigenvalue weighted by atomic mass is 32.1. The van der Waals surface area contributed by atoms with E-state index in [1.807, 2.05) is 48.5 Å². The molecule has 0 radical (unpaired) electrons. The van der Waals surface area contributed by atoms with E-state index in [4.69, 9.17) is 15.7 Å². The molecule has 8 nitrogen and oxygen atoms in total. The number of carbonyl (C=O) groups is 2. The molecule has 1 saturated heterocycles. The molecule has 220 valence electrons. The van der Waals surface area contributed by atoms with Gasteiger partial charge in [0.15, 0.2) is 0 Å². The molecular weight excluding hydrogens is 603 g/mol. The highest BCUT2D eigenvalue weighted by molar-refractivity contribution is 7.22. The SMILES string of the molecule is NC(=O)N1CCN(C(=O)N(c2ccc3sc(-c4cccc(F)c4)nc3c2)c2ccc3sc(-c4cccc(F)c4)nc3c2)CC1. The largest absolute Gasteiger partial charge is 0.351 e. The Morgan fingerprint density at radius 1 is 0.682 bits per heavy atom. The number of nitrogens with zero attached hydrogens (tertiary/aromatic N) is 5. The van der Waals surface area contributed by atoms with E-state index >= 15 is 0 Å². The predicted molar refractivity (Wildman–Crippen MR) is 170 cm³/mol. The van der Waals surface area contributed by atoms with Gasteiger partial charge in [0.25, 0.3) is 0 Å². The van der Waals surface area contributed by atoms with Gasteiger partial charge in [0.2, 0.25) is 0 Å². The van der Waals surface area contributed by atoms with Crippen LogP contribution < -0.4 is 10.6 Å². The smallest absolute Gasteiger partial charge is 0.329 e. The van der Waals surface area contributed by atoms with Gasteiger partial charge in [-0.2, -0.15) is 0 Å². The van der Waals surface area contributed by atoms with Gasteiger partial charge in [-0.15, -0.1) is 22.7 Å². The first kappa shape index (κ1) is 27.9. The van der Waals surface area contributed by atoms with E-state index in [0.29, 0.717) is 69.7 Å². The van der Waals surface area contributed by atoms with Crippen molar-refractivity contribution in [2.75, 3.05) is 31.1 Å². The molecule has 1 aliphatic heterocycles. The van der Waals surface area contributed by atoms with Gasteiger partial charge in [-0.3, -0.25) is 4.90 Å². The number of fused-ring (bicyclic) bond motifs is 2. The Bertz CT molecular complexity index is 1930. The molecule has 0 unspecified atom stereocenters. The minimum absolute atomic E-state index is 0.269. The Hall–Kier alpha value is -4.94. The summed E-state index contributed by atoms with van der Waals surface area (Å²) in [6, 6.07) is 23.0. The number of rotatable bonds is 4. The van der Waals surface area contributed by atoms with E-state index in [0.717, 1.165) is 9.40 Å². The molecule has 2 aromatic heterocycles. The summed E-state index contributed by atoms with van der Waals surface area (Å²) in [4.78, 5) is 40.2. The number of urea groups is 2. The first-order chi connectivity index (χ1) is 21.3. The number of carbonyl (C=O) groups excluding carboxylic acids is 2. The lowest BCUT2D eigenvalue weighted by atomic mass is 10.2. The van der Waals surface area contributed by atoms with Crippen LogP contribution in [-0.4, -0.2) is 58.0 Å². The molecule has 0 atom stereocenters. The summed E-state index contributed by atoms with van der Waals surface area (Å²) < 4.78 is 29.6. The molecule has 0 aliphatic carbocycles. The summed E-state index contributed by atoms with van der Waals surface area (Å²) in [5, 5.41) is 1.34. The normalized spacial score (nSPS) is 13.5. The fourth-order valence-corrected chi connectivity index (χ4v) is 7.11. The van der Waals surface area contributed by atoms with E-state index in [1.165, 1.54) is 51.8 Å². The van der Waals surface area contributed by atoms with Crippen LogP contribution in [0.3, 0.4) is 0 Å². The van der Waals surface area contributed by atoms with Gasteiger partial charge in [-0.25, -0.2) is 28.3 Å². The van der Waals surface area contributed by atoms with Crippen molar-refractivity contribution in [1.82, 2.24) is 19.8 Å². The number of aromatic nitrogens is 2. The van der Waals surface area contributed by atoms with Gasteiger partial charge < -0.3 is 15.5 Å². The van der Waals surface area contributed by atoms with Crippen molar-refractivity contribution < 1.29 is 18.4 Å². The van der Waals surface area contributed by atoms with E-state index in [9.17, 15) is 18.4 Å². The highest BCUT2D eigenvalue weighted by Gasteiger charge is 2.29. The molecule has 4 aromatic carbocycles. The average Bonchev–Trinajstić information content (AvgIpc) is 3.65. The Kier molecular flexibility index (Phi) is 7.15. The number of primary amides is 1. The summed E-state index contributed by atoms with van der Waals surface area (Å²) in [5.41, 5.74) is 9.35. The van der Waals surface area contributed by atoms with Crippen LogP contribution in [0, 0.1) is 11.6 Å². The summed E-state index contributed by atoms with van der Waals surface area (Å²) >= 11 is 2.88. The Labute approximate surface area is 258 Å². The lowest BCUT2D eigenvalue weighted by molar-refractivity contribution is 0.152. The van der Waals surface area contributed by atoms with Crippen LogP contribution in [0.15, 0.2) is 84.9 Å². The zero-order chi connectivity index (χ0) is 30.4. The summed E-state index contributed by atoms with van der Waals surface area (Å²) in [5.74, 6) is -0.678. The van der Waals surface area contributed by atoms with Gasteiger partial charge in [0.1, 0.15) is 21.6 Å². The highest BCUT2D eigenvalue weighted by Crippen LogP contribution is 2.38. The van der Waals surface area contributed by atoms with Crippen LogP contribution in [0.1, 0.15) is 0 Å². The maximum atomic E-state index is 14.2. The molecule has 0 spiro atoms. The lowest BCUT2D eigenvalue weighted by Gasteiger charge is -2.37. The molecule has 12 heteroatoms. The second-order valence-electron chi connectivity index (χ2n) is 10.3. The average molecular weight is 627 g/mol. The number of nitrogens with two attached hydrogens (primary N) is 1. The zero-order valence-electron chi connectivity index (χ0n) is 23.1. The summed E-state index contributed by atoms with van der Waals surface area (Å²) in [6.45, 7) is 1.31. The third kappa shape index (κ3) is 5.33. The van der Waals surface area contributed by atoms with Crippen molar-refractivity contribution in [3.63, 3.8) is 0 Å². The van der Waals surface area contributed by atoms with Crippen molar-refractivity contribution in [3.05, 3.63) is 96.6 Å². The predicted octanol–water partition coefficient (Wildman–Crippen LogP) is 7.47. The first-order valence-electron chi connectivity index (χ1n) is 13.8. The third-order valence-corrected chi connectivity index (χ3v) is 9.63. The number of hydrogen-bond donors (Lipinski definition) is 1. The minimum Gasteiger partial charge on any atom is -0.351 e. The number of amides is 4. The number of benzene rings is 4. The van der Waals surface area contributed by atoms with Gasteiger partial charge in [-0.05, 0) is 60.7 Å². The van der Waals surface area contributed by atoms with Crippen LogP contribution in [-0.2, 0) is 0 Å². The Morgan fingerprint density at radius 3 is 1.61 bits per heavy atom. The van der Waals surface area contributed by atoms with Gasteiger partial charge >= 0.3 is 12.1 Å². The van der Waals surface area contributed by atoms with Crippen LogP contribution >= 0.6 is 22.7 Å². The van der Waals surface area contributed by atoms with E-state index in [-0.39, 0.29) is 17.7 Å². The number of thiazole rings is 2. The molecule has 44 heavy (non-hydrogen) atoms. The summed E-state index contributed by atoms with van der Waals surface area (Å²) in [6.07, 6.45) is 0. The lowest BCUT2D eigenvalue weighted by Crippen LogP contribution is -2.54. The molecule has 1 aliphatic rings. The second kappa shape index (κ2) is 11.3. The van der Waals surface area contributed by atoms with Gasteiger partial charge in [0.05, 0.1) is 31.8 Å². The van der Waals surface area contributed by atoms with Crippen LogP contribution in [0.25, 0.3) is 41.6 Å². The third-order valence-electron chi connectivity index (χ3n) is 7.45. The molecular formula is C32H24F2N6O2S2. The number of anilines is 2. The molecule has 0 bridgehead atoms. The van der Waals surface area contributed by atoms with Crippen LogP contribution in [0.4, 0.5) is 29.7 Å². The van der Waals surface area contributed by atoms with Crippen LogP contribution in [0.5, 0.6) is 0 Å². The summed E-state index contributed by atoms with van der Waals surface area (Å²) in [7, 11) is 0. The van der Waals surface area contributed by atoms with Crippen molar-refractivity contribution >= 4 is 66.5 Å². The number of piperazine rings is 1. The van der Waals surface area contributed by atoms with Gasteiger partial charge in [0, 0.05) is 37.3 Å². The van der Waals surface area contributed by atoms with Gasteiger partial charge in [-0.1, -0.05) is 24.3 Å². The van der Waals surface area contributed by atoms with Crippen molar-refractivity contribution in [3.8, 4) is 21.1 Å². The molecule has 0 saturated carbocycles. The Balaban J connectivity index is 1.29. The van der Waals surface area contributed by atoms with E-state index in [2.05, 4.69) is 0 Å². The fourth-order valence-electron chi connectivity index (χ4n) is 5.23. The van der Waals surface area contributed by atoms with Crippen molar-refractivity contribution in [1.29, 1.82) is 0 Å². The first-order valence-corrected chi connectivity index (χ1v) is 15.4. The minimum atomic E-state index is -0.514. The van der Waals surface area contributed by atoms with Crippen molar-refractivity contribution in [2.24, 2.45) is 5.73 Å². The zero-order valence-corrected chi connectivity index (χ0v) is 24.7. The molecule has 6 aromatic rings. The topological polar surface area (TPSA) is 95.7 Å². The van der Waals surface area contributed by atoms with Crippen molar-refractivity contribution in [2.45, 2.75) is 0 Å². The molecule has 4 amide bonds. The molecule has 1 fully saturated rings. The van der Waals surface area contributed by atoms with E-state index in [1.54, 1.807) is 21.9 Å². The maximum Gasteiger partial charge on any atom is 0.329 e. The maximum absolute atomic E-state index is 14.2. The molecule has 7 rings (SSSR count). The number of hydrogen-bond acceptors (Lipinski definition) is 6. The van der Waals surface area contributed by atoms with E-state index < -0.39 is 6.03 Å². The van der Waals surface area contributed by atoms with Crippen LogP contribution in [0.2, 0.25) is 0 Å². The molecule has 2 N–H and O–H groups in total. The number of halogens is 2.